The monoisotopic (exact) mass is 301 g/mol. The average Bonchev–Trinajstić information content (AvgIpc) is 3.05. The molecule has 0 bridgehead atoms. The molecule has 0 spiro atoms. The van der Waals surface area contributed by atoms with Crippen LogP contribution in [0.1, 0.15) is 5.56 Å². The summed E-state index contributed by atoms with van der Waals surface area (Å²) in [7, 11) is 0. The zero-order valence-electron chi connectivity index (χ0n) is 12.6. The van der Waals surface area contributed by atoms with Gasteiger partial charge >= 0.3 is 0 Å². The van der Waals surface area contributed by atoms with Crippen molar-refractivity contribution in [3.05, 3.63) is 66.5 Å². The Kier molecular flexibility index (Phi) is 3.08. The van der Waals surface area contributed by atoms with Crippen LogP contribution < -0.4 is 0 Å². The van der Waals surface area contributed by atoms with Gasteiger partial charge < -0.3 is 5.11 Å². The molecule has 0 fully saturated rings. The number of aromatic amines is 1. The molecule has 2 aromatic carbocycles. The topological polar surface area (TPSA) is 61.8 Å². The van der Waals surface area contributed by atoms with E-state index < -0.39 is 0 Å². The SMILES string of the molecule is Cc1cnccc1-c1cc(-c2ccc3ccccc3c2O)n[nH]1. The van der Waals surface area contributed by atoms with Gasteiger partial charge in [-0.1, -0.05) is 30.3 Å². The van der Waals surface area contributed by atoms with Gasteiger partial charge in [-0.3, -0.25) is 10.1 Å². The molecule has 4 heteroatoms. The summed E-state index contributed by atoms with van der Waals surface area (Å²) in [5.41, 5.74) is 4.48. The lowest BCUT2D eigenvalue weighted by atomic mass is 10.0. The van der Waals surface area contributed by atoms with Gasteiger partial charge in [0.05, 0.1) is 11.4 Å². The van der Waals surface area contributed by atoms with Crippen molar-refractivity contribution in [1.29, 1.82) is 0 Å². The van der Waals surface area contributed by atoms with Crippen molar-refractivity contribution >= 4 is 10.8 Å². The number of hydrogen-bond acceptors (Lipinski definition) is 3. The second-order valence-electron chi connectivity index (χ2n) is 5.54. The Labute approximate surface area is 133 Å². The number of aromatic nitrogens is 3. The number of aryl methyl sites for hydroxylation is 1. The van der Waals surface area contributed by atoms with Crippen LogP contribution in [0.2, 0.25) is 0 Å². The molecule has 112 valence electrons. The maximum Gasteiger partial charge on any atom is 0.132 e. The van der Waals surface area contributed by atoms with Crippen molar-refractivity contribution in [2.75, 3.05) is 0 Å². The van der Waals surface area contributed by atoms with Gasteiger partial charge in [0, 0.05) is 28.9 Å². The first-order valence-electron chi connectivity index (χ1n) is 7.41. The van der Waals surface area contributed by atoms with E-state index in [-0.39, 0.29) is 5.75 Å². The van der Waals surface area contributed by atoms with Crippen molar-refractivity contribution in [1.82, 2.24) is 15.2 Å². The van der Waals surface area contributed by atoms with E-state index in [9.17, 15) is 5.11 Å². The molecule has 2 aromatic heterocycles. The van der Waals surface area contributed by atoms with Crippen LogP contribution in [0.4, 0.5) is 0 Å². The second-order valence-corrected chi connectivity index (χ2v) is 5.54. The number of benzene rings is 2. The van der Waals surface area contributed by atoms with E-state index in [0.29, 0.717) is 0 Å². The van der Waals surface area contributed by atoms with E-state index in [2.05, 4.69) is 15.2 Å². The molecule has 0 amide bonds. The van der Waals surface area contributed by atoms with Crippen LogP contribution in [0, 0.1) is 6.92 Å². The Morgan fingerprint density at radius 3 is 2.74 bits per heavy atom. The first-order valence-corrected chi connectivity index (χ1v) is 7.41. The van der Waals surface area contributed by atoms with Crippen molar-refractivity contribution < 1.29 is 5.11 Å². The summed E-state index contributed by atoms with van der Waals surface area (Å²) >= 11 is 0. The number of pyridine rings is 1. The molecule has 0 saturated heterocycles. The Bertz CT molecular complexity index is 1000. The first kappa shape index (κ1) is 13.5. The molecule has 23 heavy (non-hydrogen) atoms. The number of hydrogen-bond donors (Lipinski definition) is 2. The Morgan fingerprint density at radius 2 is 1.87 bits per heavy atom. The highest BCUT2D eigenvalue weighted by Crippen LogP contribution is 2.36. The molecule has 0 atom stereocenters. The maximum absolute atomic E-state index is 10.6. The number of H-pyrrole nitrogens is 1. The number of nitrogens with zero attached hydrogens (tertiary/aromatic N) is 2. The van der Waals surface area contributed by atoms with Gasteiger partial charge in [-0.2, -0.15) is 5.10 Å². The van der Waals surface area contributed by atoms with Gasteiger partial charge in [-0.05, 0) is 36.1 Å². The highest BCUT2D eigenvalue weighted by atomic mass is 16.3. The minimum atomic E-state index is 0.257. The lowest BCUT2D eigenvalue weighted by Crippen LogP contribution is -1.84. The molecule has 2 heterocycles. The van der Waals surface area contributed by atoms with Crippen LogP contribution in [0.15, 0.2) is 60.9 Å². The highest BCUT2D eigenvalue weighted by molar-refractivity contribution is 5.94. The highest BCUT2D eigenvalue weighted by Gasteiger charge is 2.13. The van der Waals surface area contributed by atoms with Crippen molar-refractivity contribution in [3.8, 4) is 28.3 Å². The number of aromatic hydroxyl groups is 1. The molecule has 0 aliphatic carbocycles. The number of fused-ring (bicyclic) bond motifs is 1. The zero-order chi connectivity index (χ0) is 15.8. The molecule has 0 unspecified atom stereocenters. The molecule has 2 N–H and O–H groups in total. The van der Waals surface area contributed by atoms with Gasteiger partial charge in [0.15, 0.2) is 0 Å². The third kappa shape index (κ3) is 2.25. The lowest BCUT2D eigenvalue weighted by molar-refractivity contribution is 0.483. The molecule has 0 saturated carbocycles. The zero-order valence-corrected chi connectivity index (χ0v) is 12.6. The minimum Gasteiger partial charge on any atom is -0.507 e. The predicted octanol–water partition coefficient (Wildman–Crippen LogP) is 4.31. The summed E-state index contributed by atoms with van der Waals surface area (Å²) in [6.45, 7) is 2.01. The molecule has 0 radical (unpaired) electrons. The van der Waals surface area contributed by atoms with Crippen molar-refractivity contribution in [2.45, 2.75) is 6.92 Å². The van der Waals surface area contributed by atoms with E-state index in [1.54, 1.807) is 6.20 Å². The van der Waals surface area contributed by atoms with Gasteiger partial charge in [-0.25, -0.2) is 0 Å². The molecule has 0 aliphatic heterocycles. The standard InChI is InChI=1S/C19H15N3O/c1-12-11-20-9-8-14(12)17-10-18(22-21-17)16-7-6-13-4-2-3-5-15(13)19(16)23/h2-11,23H,1H3,(H,21,22). The van der Waals surface area contributed by atoms with Crippen LogP contribution in [0.25, 0.3) is 33.3 Å². The largest absolute Gasteiger partial charge is 0.507 e. The molecule has 0 aliphatic rings. The summed E-state index contributed by atoms with van der Waals surface area (Å²) in [5, 5.41) is 19.8. The fourth-order valence-electron chi connectivity index (χ4n) is 2.84. The maximum atomic E-state index is 10.6. The van der Waals surface area contributed by atoms with Crippen LogP contribution in [0.3, 0.4) is 0 Å². The predicted molar refractivity (Wildman–Crippen MR) is 91.2 cm³/mol. The summed E-state index contributed by atoms with van der Waals surface area (Å²) < 4.78 is 0. The van der Waals surface area contributed by atoms with Gasteiger partial charge in [0.2, 0.25) is 0 Å². The van der Waals surface area contributed by atoms with Crippen LogP contribution in [0.5, 0.6) is 5.75 Å². The van der Waals surface area contributed by atoms with E-state index in [1.807, 2.05) is 61.7 Å². The quantitative estimate of drug-likeness (QED) is 0.580. The van der Waals surface area contributed by atoms with E-state index >= 15 is 0 Å². The normalized spacial score (nSPS) is 11.0. The van der Waals surface area contributed by atoms with Crippen molar-refractivity contribution in [2.24, 2.45) is 0 Å². The van der Waals surface area contributed by atoms with Crippen molar-refractivity contribution in [3.63, 3.8) is 0 Å². The van der Waals surface area contributed by atoms with Gasteiger partial charge in [-0.15, -0.1) is 0 Å². The molecule has 4 rings (SSSR count). The lowest BCUT2D eigenvalue weighted by Gasteiger charge is -2.05. The first-order chi connectivity index (χ1) is 11.2. The third-order valence-corrected chi connectivity index (χ3v) is 4.06. The molecular weight excluding hydrogens is 286 g/mol. The number of rotatable bonds is 2. The van der Waals surface area contributed by atoms with Gasteiger partial charge in [0.25, 0.3) is 0 Å². The number of phenolic OH excluding ortho intramolecular Hbond substituents is 1. The molecule has 4 nitrogen and oxygen atoms in total. The van der Waals surface area contributed by atoms with Gasteiger partial charge in [0.1, 0.15) is 5.75 Å². The molecular formula is C19H15N3O. The Balaban J connectivity index is 1.84. The van der Waals surface area contributed by atoms with E-state index in [0.717, 1.165) is 38.9 Å². The van der Waals surface area contributed by atoms with Crippen LogP contribution >= 0.6 is 0 Å². The Hall–Kier alpha value is -3.14. The summed E-state index contributed by atoms with van der Waals surface area (Å²) in [6.07, 6.45) is 3.58. The summed E-state index contributed by atoms with van der Waals surface area (Å²) in [4.78, 5) is 4.11. The fourth-order valence-corrected chi connectivity index (χ4v) is 2.84. The minimum absolute atomic E-state index is 0.257. The van der Waals surface area contributed by atoms with E-state index in [4.69, 9.17) is 0 Å². The Morgan fingerprint density at radius 1 is 1.00 bits per heavy atom. The number of phenols is 1. The van der Waals surface area contributed by atoms with Crippen LogP contribution in [-0.2, 0) is 0 Å². The van der Waals surface area contributed by atoms with Crippen LogP contribution in [-0.4, -0.2) is 20.3 Å². The summed E-state index contributed by atoms with van der Waals surface area (Å²) in [5.74, 6) is 0.257. The average molecular weight is 301 g/mol. The number of nitrogens with one attached hydrogen (secondary N) is 1. The smallest absolute Gasteiger partial charge is 0.132 e. The third-order valence-electron chi connectivity index (χ3n) is 4.06. The van der Waals surface area contributed by atoms with E-state index in [1.165, 1.54) is 0 Å². The summed E-state index contributed by atoms with van der Waals surface area (Å²) in [6, 6.07) is 15.6. The molecule has 4 aromatic rings. The second kappa shape index (κ2) is 5.25. The fraction of sp³-hybridized carbons (Fsp3) is 0.0526.